The first-order chi connectivity index (χ1) is 9.65. The molecule has 1 aromatic rings. The number of aliphatic carboxylic acids is 1. The number of rotatable bonds is 5. The van der Waals surface area contributed by atoms with E-state index in [4.69, 9.17) is 10.4 Å². The van der Waals surface area contributed by atoms with Crippen molar-refractivity contribution in [3.63, 3.8) is 0 Å². The number of anilines is 1. The maximum absolute atomic E-state index is 12.7. The van der Waals surface area contributed by atoms with Crippen LogP contribution >= 0.6 is 0 Å². The zero-order valence-electron chi connectivity index (χ0n) is 11.5. The summed E-state index contributed by atoms with van der Waals surface area (Å²) in [5, 5.41) is 17.9. The van der Waals surface area contributed by atoms with Gasteiger partial charge in [-0.2, -0.15) is 18.4 Å². The van der Waals surface area contributed by atoms with E-state index < -0.39 is 24.4 Å². The normalized spacial score (nSPS) is 11.3. The van der Waals surface area contributed by atoms with Crippen LogP contribution in [0, 0.1) is 17.2 Å². The molecule has 0 saturated heterocycles. The molecule has 1 rings (SSSR count). The van der Waals surface area contributed by atoms with Crippen LogP contribution in [0.3, 0.4) is 0 Å². The van der Waals surface area contributed by atoms with Crippen molar-refractivity contribution in [1.82, 2.24) is 4.98 Å². The number of halogens is 3. The topological polar surface area (TPSA) is 77.2 Å². The summed E-state index contributed by atoms with van der Waals surface area (Å²) in [6, 6.07) is 3.44. The maximum atomic E-state index is 12.7. The molecule has 0 amide bonds. The number of nitriles is 1. The second-order valence-electron chi connectivity index (χ2n) is 4.85. The first-order valence-corrected chi connectivity index (χ1v) is 6.10. The van der Waals surface area contributed by atoms with Crippen LogP contribution in [0.2, 0.25) is 0 Å². The minimum Gasteiger partial charge on any atom is -0.480 e. The first-order valence-electron chi connectivity index (χ1n) is 6.10. The molecule has 0 unspecified atom stereocenters. The number of carbonyl (C=O) groups is 1. The summed E-state index contributed by atoms with van der Waals surface area (Å²) in [5.74, 6) is -1.48. The molecule has 1 aromatic heterocycles. The van der Waals surface area contributed by atoms with Crippen molar-refractivity contribution in [1.29, 1.82) is 5.26 Å². The lowest BCUT2D eigenvalue weighted by Crippen LogP contribution is -2.34. The van der Waals surface area contributed by atoms with Crippen molar-refractivity contribution < 1.29 is 23.1 Å². The molecular formula is C13H14F3N3O2. The Morgan fingerprint density at radius 1 is 1.48 bits per heavy atom. The van der Waals surface area contributed by atoms with E-state index in [1.165, 1.54) is 4.90 Å². The molecule has 0 aromatic carbocycles. The van der Waals surface area contributed by atoms with E-state index in [-0.39, 0.29) is 23.8 Å². The number of hydrogen-bond acceptors (Lipinski definition) is 4. The van der Waals surface area contributed by atoms with Gasteiger partial charge in [0.05, 0.1) is 5.56 Å². The van der Waals surface area contributed by atoms with Crippen LogP contribution in [0.25, 0.3) is 0 Å². The molecule has 1 N–H and O–H groups in total. The predicted octanol–water partition coefficient (Wildman–Crippen LogP) is 2.52. The summed E-state index contributed by atoms with van der Waals surface area (Å²) < 4.78 is 38.1. The van der Waals surface area contributed by atoms with Gasteiger partial charge in [-0.25, -0.2) is 4.98 Å². The molecule has 5 nitrogen and oxygen atoms in total. The van der Waals surface area contributed by atoms with Crippen molar-refractivity contribution in [2.24, 2.45) is 5.92 Å². The maximum Gasteiger partial charge on any atom is 0.433 e. The molecular weight excluding hydrogens is 287 g/mol. The fraction of sp³-hybridized carbons (Fsp3) is 0.462. The molecule has 0 radical (unpaired) electrons. The van der Waals surface area contributed by atoms with E-state index in [0.717, 1.165) is 6.07 Å². The highest BCUT2D eigenvalue weighted by Crippen LogP contribution is 2.30. The number of nitrogens with zero attached hydrogens (tertiary/aromatic N) is 3. The van der Waals surface area contributed by atoms with Crippen molar-refractivity contribution in [3.05, 3.63) is 23.4 Å². The summed E-state index contributed by atoms with van der Waals surface area (Å²) in [6.45, 7) is 3.22. The van der Waals surface area contributed by atoms with Gasteiger partial charge in [-0.05, 0) is 18.1 Å². The zero-order chi connectivity index (χ0) is 16.2. The quantitative estimate of drug-likeness (QED) is 0.904. The highest BCUT2D eigenvalue weighted by molar-refractivity contribution is 5.74. The molecule has 0 aliphatic heterocycles. The smallest absolute Gasteiger partial charge is 0.433 e. The van der Waals surface area contributed by atoms with Crippen molar-refractivity contribution >= 4 is 11.8 Å². The van der Waals surface area contributed by atoms with Crippen LogP contribution in [-0.4, -0.2) is 29.1 Å². The standard InChI is InChI=1S/C13H14F3N3O2/c1-8(2)6-19(7-11(20)21)12-9(5-17)3-4-10(18-12)13(14,15)16/h3-4,8H,6-7H2,1-2H3,(H,20,21). The summed E-state index contributed by atoms with van der Waals surface area (Å²) >= 11 is 0. The molecule has 0 aliphatic rings. The van der Waals surface area contributed by atoms with E-state index >= 15 is 0 Å². The van der Waals surface area contributed by atoms with Crippen molar-refractivity contribution in [2.45, 2.75) is 20.0 Å². The first kappa shape index (κ1) is 16.8. The molecule has 0 saturated carbocycles. The zero-order valence-corrected chi connectivity index (χ0v) is 11.5. The lowest BCUT2D eigenvalue weighted by Gasteiger charge is -2.25. The van der Waals surface area contributed by atoms with E-state index in [2.05, 4.69) is 4.98 Å². The molecule has 114 valence electrons. The summed E-state index contributed by atoms with van der Waals surface area (Å²) in [7, 11) is 0. The highest BCUT2D eigenvalue weighted by atomic mass is 19.4. The monoisotopic (exact) mass is 301 g/mol. The number of hydrogen-bond donors (Lipinski definition) is 1. The van der Waals surface area contributed by atoms with Gasteiger partial charge >= 0.3 is 12.1 Å². The van der Waals surface area contributed by atoms with Gasteiger partial charge in [-0.3, -0.25) is 4.79 Å². The third kappa shape index (κ3) is 4.63. The van der Waals surface area contributed by atoms with Gasteiger partial charge in [0, 0.05) is 6.54 Å². The average Bonchev–Trinajstić information content (AvgIpc) is 2.35. The fourth-order valence-corrected chi connectivity index (χ4v) is 1.76. The minimum atomic E-state index is -4.66. The van der Waals surface area contributed by atoms with Crippen LogP contribution in [0.1, 0.15) is 25.1 Å². The predicted molar refractivity (Wildman–Crippen MR) is 68.6 cm³/mol. The molecule has 0 aliphatic carbocycles. The Morgan fingerprint density at radius 2 is 2.10 bits per heavy atom. The number of carboxylic acids is 1. The Balaban J connectivity index is 3.33. The van der Waals surface area contributed by atoms with Crippen LogP contribution in [-0.2, 0) is 11.0 Å². The van der Waals surface area contributed by atoms with Gasteiger partial charge in [0.2, 0.25) is 0 Å². The summed E-state index contributed by atoms with van der Waals surface area (Å²) in [6.07, 6.45) is -4.66. The van der Waals surface area contributed by atoms with Crippen LogP contribution < -0.4 is 4.90 Å². The van der Waals surface area contributed by atoms with E-state index in [9.17, 15) is 18.0 Å². The van der Waals surface area contributed by atoms with Crippen molar-refractivity contribution in [3.8, 4) is 6.07 Å². The number of alkyl halides is 3. The molecule has 21 heavy (non-hydrogen) atoms. The second kappa shape index (κ2) is 6.43. The average molecular weight is 301 g/mol. The molecule has 0 spiro atoms. The minimum absolute atomic E-state index is 0.00719. The van der Waals surface area contributed by atoms with E-state index in [1.54, 1.807) is 19.9 Å². The van der Waals surface area contributed by atoms with Crippen LogP contribution in [0.4, 0.5) is 19.0 Å². The molecule has 0 atom stereocenters. The van der Waals surface area contributed by atoms with E-state index in [0.29, 0.717) is 6.07 Å². The van der Waals surface area contributed by atoms with Gasteiger partial charge in [-0.15, -0.1) is 0 Å². The Morgan fingerprint density at radius 3 is 2.52 bits per heavy atom. The van der Waals surface area contributed by atoms with Crippen LogP contribution in [0.5, 0.6) is 0 Å². The lowest BCUT2D eigenvalue weighted by atomic mass is 10.1. The third-order valence-electron chi connectivity index (χ3n) is 2.50. The van der Waals surface area contributed by atoms with Crippen LogP contribution in [0.15, 0.2) is 12.1 Å². The third-order valence-corrected chi connectivity index (χ3v) is 2.50. The Labute approximate surface area is 119 Å². The SMILES string of the molecule is CC(C)CN(CC(=O)O)c1nc(C(F)(F)F)ccc1C#N. The molecule has 1 heterocycles. The fourth-order valence-electron chi connectivity index (χ4n) is 1.76. The number of carboxylic acid groups (broad SMARTS) is 1. The molecule has 0 fully saturated rings. The molecule has 8 heteroatoms. The van der Waals surface area contributed by atoms with Gasteiger partial charge < -0.3 is 10.0 Å². The van der Waals surface area contributed by atoms with E-state index in [1.807, 2.05) is 0 Å². The van der Waals surface area contributed by atoms with Gasteiger partial charge in [0.1, 0.15) is 24.1 Å². The van der Waals surface area contributed by atoms with Gasteiger partial charge in [0.25, 0.3) is 0 Å². The largest absolute Gasteiger partial charge is 0.480 e. The van der Waals surface area contributed by atoms with Gasteiger partial charge in [0.15, 0.2) is 0 Å². The summed E-state index contributed by atoms with van der Waals surface area (Å²) in [5.41, 5.74) is -1.25. The Bertz CT molecular complexity index is 565. The highest BCUT2D eigenvalue weighted by Gasteiger charge is 2.34. The summed E-state index contributed by atoms with van der Waals surface area (Å²) in [4.78, 5) is 15.5. The van der Waals surface area contributed by atoms with Crippen molar-refractivity contribution in [2.75, 3.05) is 18.0 Å². The number of aromatic nitrogens is 1. The second-order valence-corrected chi connectivity index (χ2v) is 4.85. The molecule has 0 bridgehead atoms. The lowest BCUT2D eigenvalue weighted by molar-refractivity contribution is -0.141. The Kier molecular flexibility index (Phi) is 5.13. The number of pyridine rings is 1. The van der Waals surface area contributed by atoms with Gasteiger partial charge in [-0.1, -0.05) is 13.8 Å². The Hall–Kier alpha value is -2.30.